The molecule has 0 bridgehead atoms. The van der Waals surface area contributed by atoms with Crippen molar-refractivity contribution in [3.63, 3.8) is 0 Å². The average Bonchev–Trinajstić information content (AvgIpc) is 2.58. The van der Waals surface area contributed by atoms with Crippen molar-refractivity contribution in [3.05, 3.63) is 58.6 Å². The van der Waals surface area contributed by atoms with Gasteiger partial charge < -0.3 is 5.32 Å². The maximum absolute atomic E-state index is 13.0. The van der Waals surface area contributed by atoms with E-state index in [0.29, 0.717) is 10.7 Å². The van der Waals surface area contributed by atoms with Gasteiger partial charge in [-0.15, -0.1) is 0 Å². The molecule has 2 aromatic rings. The predicted octanol–water partition coefficient (Wildman–Crippen LogP) is 4.28. The van der Waals surface area contributed by atoms with Crippen molar-refractivity contribution >= 4 is 33.2 Å². The lowest BCUT2D eigenvalue weighted by Gasteiger charge is -2.22. The van der Waals surface area contributed by atoms with Gasteiger partial charge in [0.1, 0.15) is 0 Å². The summed E-state index contributed by atoms with van der Waals surface area (Å²) in [6, 6.07) is 11.9. The summed E-state index contributed by atoms with van der Waals surface area (Å²) >= 11 is 5.95. The molecular formula is C20H25ClN2O3S. The first-order chi connectivity index (χ1) is 12.5. The number of hydrogen-bond acceptors (Lipinski definition) is 3. The summed E-state index contributed by atoms with van der Waals surface area (Å²) < 4.78 is 25.9. The van der Waals surface area contributed by atoms with Gasteiger partial charge in [0.15, 0.2) is 0 Å². The lowest BCUT2D eigenvalue weighted by atomic mass is 9.87. The third kappa shape index (κ3) is 4.89. The quantitative estimate of drug-likeness (QED) is 0.775. The molecule has 2 aromatic carbocycles. The van der Waals surface area contributed by atoms with E-state index in [1.807, 2.05) is 32.9 Å². The molecule has 0 spiro atoms. The lowest BCUT2D eigenvalue weighted by Crippen LogP contribution is -2.26. The monoisotopic (exact) mass is 408 g/mol. The molecule has 1 amide bonds. The molecule has 5 nitrogen and oxygen atoms in total. The number of amides is 1. The van der Waals surface area contributed by atoms with Gasteiger partial charge in [0, 0.05) is 24.8 Å². The van der Waals surface area contributed by atoms with Crippen LogP contribution in [0.1, 0.15) is 30.9 Å². The standard InChI is InChI=1S/C20H25ClN2O3S/c1-13(2)19(15-7-9-16(21)10-8-15)20(24)22-18-12-17(11-6-14(18)3)27(25,26)23(4)5/h6-13,19H,1-5H3,(H,22,24)/t19-/m0/s1. The fourth-order valence-electron chi connectivity index (χ4n) is 2.83. The van der Waals surface area contributed by atoms with Crippen molar-refractivity contribution in [1.82, 2.24) is 4.31 Å². The van der Waals surface area contributed by atoms with Gasteiger partial charge in [0.2, 0.25) is 15.9 Å². The Kier molecular flexibility index (Phi) is 6.68. The molecular weight excluding hydrogens is 384 g/mol. The molecule has 1 atom stereocenters. The largest absolute Gasteiger partial charge is 0.325 e. The highest BCUT2D eigenvalue weighted by atomic mass is 35.5. The molecule has 0 fully saturated rings. The van der Waals surface area contributed by atoms with Crippen LogP contribution in [0.15, 0.2) is 47.4 Å². The van der Waals surface area contributed by atoms with Crippen LogP contribution in [0.4, 0.5) is 5.69 Å². The van der Waals surface area contributed by atoms with Gasteiger partial charge >= 0.3 is 0 Å². The van der Waals surface area contributed by atoms with Crippen LogP contribution in [0.25, 0.3) is 0 Å². The van der Waals surface area contributed by atoms with E-state index in [1.54, 1.807) is 24.3 Å². The molecule has 0 radical (unpaired) electrons. The minimum atomic E-state index is -3.58. The summed E-state index contributed by atoms with van der Waals surface area (Å²) in [6.45, 7) is 5.77. The number of rotatable bonds is 6. The molecule has 146 valence electrons. The zero-order valence-electron chi connectivity index (χ0n) is 16.2. The number of halogens is 1. The molecule has 0 saturated heterocycles. The van der Waals surface area contributed by atoms with Crippen LogP contribution in [-0.4, -0.2) is 32.7 Å². The Morgan fingerprint density at radius 3 is 2.19 bits per heavy atom. The first-order valence-corrected chi connectivity index (χ1v) is 10.5. The predicted molar refractivity (Wildman–Crippen MR) is 110 cm³/mol. The van der Waals surface area contributed by atoms with Crippen molar-refractivity contribution in [3.8, 4) is 0 Å². The van der Waals surface area contributed by atoms with Gasteiger partial charge in [-0.3, -0.25) is 4.79 Å². The van der Waals surface area contributed by atoms with Crippen molar-refractivity contribution in [2.75, 3.05) is 19.4 Å². The molecule has 0 saturated carbocycles. The first-order valence-electron chi connectivity index (χ1n) is 8.63. The number of nitrogens with one attached hydrogen (secondary N) is 1. The van der Waals surface area contributed by atoms with Gasteiger partial charge in [-0.2, -0.15) is 0 Å². The molecule has 0 aliphatic heterocycles. The van der Waals surface area contributed by atoms with Crippen LogP contribution in [0, 0.1) is 12.8 Å². The van der Waals surface area contributed by atoms with Gasteiger partial charge in [-0.05, 0) is 48.2 Å². The minimum absolute atomic E-state index is 0.0557. The normalized spacial score (nSPS) is 13.0. The molecule has 0 aliphatic rings. The van der Waals surface area contributed by atoms with Gasteiger partial charge in [-0.1, -0.05) is 43.6 Å². The summed E-state index contributed by atoms with van der Waals surface area (Å²) in [5.41, 5.74) is 2.14. The number of nitrogens with zero attached hydrogens (tertiary/aromatic N) is 1. The van der Waals surface area contributed by atoms with E-state index >= 15 is 0 Å². The van der Waals surface area contributed by atoms with E-state index in [-0.39, 0.29) is 22.6 Å². The Hall–Kier alpha value is -1.89. The summed E-state index contributed by atoms with van der Waals surface area (Å²) in [7, 11) is -0.628. The topological polar surface area (TPSA) is 66.5 Å². The highest BCUT2D eigenvalue weighted by molar-refractivity contribution is 7.89. The second kappa shape index (κ2) is 8.42. The van der Waals surface area contributed by atoms with E-state index in [9.17, 15) is 13.2 Å². The van der Waals surface area contributed by atoms with E-state index in [4.69, 9.17) is 11.6 Å². The fraction of sp³-hybridized carbons (Fsp3) is 0.350. The lowest BCUT2D eigenvalue weighted by molar-refractivity contribution is -0.118. The molecule has 0 aliphatic carbocycles. The van der Waals surface area contributed by atoms with Crippen LogP contribution < -0.4 is 5.32 Å². The Bertz CT molecular complexity index is 923. The Balaban J connectivity index is 2.36. The number of anilines is 1. The molecule has 2 rings (SSSR count). The van der Waals surface area contributed by atoms with Crippen LogP contribution in [0.5, 0.6) is 0 Å². The summed E-state index contributed by atoms with van der Waals surface area (Å²) in [4.78, 5) is 13.1. The van der Waals surface area contributed by atoms with Crippen LogP contribution in [0.2, 0.25) is 5.02 Å². The summed E-state index contributed by atoms with van der Waals surface area (Å²) in [5.74, 6) is -0.509. The molecule has 1 N–H and O–H groups in total. The molecule has 7 heteroatoms. The molecule has 0 aromatic heterocycles. The summed E-state index contributed by atoms with van der Waals surface area (Å²) in [6.07, 6.45) is 0. The number of benzene rings is 2. The fourth-order valence-corrected chi connectivity index (χ4v) is 3.88. The van der Waals surface area contributed by atoms with Crippen LogP contribution in [0.3, 0.4) is 0 Å². The van der Waals surface area contributed by atoms with E-state index in [2.05, 4.69) is 5.32 Å². The van der Waals surface area contributed by atoms with Crippen LogP contribution >= 0.6 is 11.6 Å². The zero-order valence-corrected chi connectivity index (χ0v) is 17.7. The van der Waals surface area contributed by atoms with Gasteiger partial charge in [0.05, 0.1) is 10.8 Å². The molecule has 0 heterocycles. The second-order valence-corrected chi connectivity index (χ2v) is 9.61. The minimum Gasteiger partial charge on any atom is -0.325 e. The molecule has 0 unspecified atom stereocenters. The maximum Gasteiger partial charge on any atom is 0.242 e. The number of hydrogen-bond donors (Lipinski definition) is 1. The third-order valence-electron chi connectivity index (χ3n) is 4.42. The number of carbonyl (C=O) groups is 1. The van der Waals surface area contributed by atoms with Crippen molar-refractivity contribution in [2.24, 2.45) is 5.92 Å². The highest BCUT2D eigenvalue weighted by Gasteiger charge is 2.25. The Morgan fingerprint density at radius 2 is 1.67 bits per heavy atom. The van der Waals surface area contributed by atoms with E-state index in [1.165, 1.54) is 20.2 Å². The smallest absolute Gasteiger partial charge is 0.242 e. The Labute approximate surface area is 166 Å². The van der Waals surface area contributed by atoms with Gasteiger partial charge in [-0.25, -0.2) is 12.7 Å². The highest BCUT2D eigenvalue weighted by Crippen LogP contribution is 2.29. The second-order valence-electron chi connectivity index (χ2n) is 7.03. The SMILES string of the molecule is Cc1ccc(S(=O)(=O)N(C)C)cc1NC(=O)[C@H](c1ccc(Cl)cc1)C(C)C. The first kappa shape index (κ1) is 21.4. The number of aryl methyl sites for hydroxylation is 1. The van der Waals surface area contributed by atoms with E-state index in [0.717, 1.165) is 15.4 Å². The maximum atomic E-state index is 13.0. The van der Waals surface area contributed by atoms with Crippen molar-refractivity contribution in [2.45, 2.75) is 31.6 Å². The number of carbonyl (C=O) groups excluding carboxylic acids is 1. The third-order valence-corrected chi connectivity index (χ3v) is 6.49. The Morgan fingerprint density at radius 1 is 1.07 bits per heavy atom. The van der Waals surface area contributed by atoms with Crippen LogP contribution in [-0.2, 0) is 14.8 Å². The average molecular weight is 409 g/mol. The van der Waals surface area contributed by atoms with Crippen molar-refractivity contribution in [1.29, 1.82) is 0 Å². The van der Waals surface area contributed by atoms with Crippen molar-refractivity contribution < 1.29 is 13.2 Å². The molecule has 27 heavy (non-hydrogen) atoms. The zero-order chi connectivity index (χ0) is 20.4. The summed E-state index contributed by atoms with van der Waals surface area (Å²) in [5, 5.41) is 3.51. The van der Waals surface area contributed by atoms with E-state index < -0.39 is 10.0 Å². The number of sulfonamides is 1. The van der Waals surface area contributed by atoms with Gasteiger partial charge in [0.25, 0.3) is 0 Å².